The molecule has 4 aromatic rings. The second kappa shape index (κ2) is 9.16. The van der Waals surface area contributed by atoms with Crippen LogP contribution in [0.1, 0.15) is 4.88 Å². The molecule has 2 aromatic heterocycles. The average Bonchev–Trinajstić information content (AvgIpc) is 3.31. The molecule has 0 aliphatic heterocycles. The maximum absolute atomic E-state index is 12.3. The summed E-state index contributed by atoms with van der Waals surface area (Å²) >= 11 is 6.47. The number of rotatable bonds is 6. The highest BCUT2D eigenvalue weighted by molar-refractivity contribution is 9.10. The van der Waals surface area contributed by atoms with Crippen LogP contribution in [0.5, 0.6) is 0 Å². The van der Waals surface area contributed by atoms with E-state index in [1.807, 2.05) is 54.1 Å². The van der Waals surface area contributed by atoms with Crippen LogP contribution in [0, 0.1) is 6.92 Å². The number of carbonyl (C=O) groups is 1. The molecule has 0 aliphatic carbocycles. The second-order valence-corrected chi connectivity index (χ2v) is 9.60. The van der Waals surface area contributed by atoms with Crippen molar-refractivity contribution in [2.75, 3.05) is 11.1 Å². The van der Waals surface area contributed by atoms with Crippen molar-refractivity contribution in [3.8, 4) is 22.5 Å². The molecule has 8 heteroatoms. The van der Waals surface area contributed by atoms with Crippen molar-refractivity contribution < 1.29 is 4.79 Å². The van der Waals surface area contributed by atoms with Crippen molar-refractivity contribution in [2.24, 2.45) is 7.05 Å². The monoisotopic (exact) mass is 498 g/mol. The Morgan fingerprint density at radius 1 is 1.13 bits per heavy atom. The van der Waals surface area contributed by atoms with Gasteiger partial charge in [0.2, 0.25) is 5.91 Å². The van der Waals surface area contributed by atoms with Gasteiger partial charge in [0, 0.05) is 38.6 Å². The fourth-order valence-corrected chi connectivity index (χ4v) is 4.96. The molecule has 2 heterocycles. The van der Waals surface area contributed by atoms with Crippen molar-refractivity contribution >= 4 is 50.6 Å². The lowest BCUT2D eigenvalue weighted by Crippen LogP contribution is -2.14. The molecular formula is C22H19BrN4OS2. The average molecular weight is 499 g/mol. The Bertz CT molecular complexity index is 1170. The van der Waals surface area contributed by atoms with E-state index in [2.05, 4.69) is 55.9 Å². The number of hydrogen-bond acceptors (Lipinski definition) is 5. The number of nitrogens with zero attached hydrogens (tertiary/aromatic N) is 3. The molecule has 1 amide bonds. The number of hydrogen-bond donors (Lipinski definition) is 1. The number of anilines is 1. The quantitative estimate of drug-likeness (QED) is 0.330. The molecule has 0 spiro atoms. The SMILES string of the molecule is Cc1scc(-c2nnc(SCC(=O)Nc3ccc(Br)cc3)n2C)c1-c1ccccc1. The standard InChI is InChI=1S/C22H19BrN4OS2/c1-14-20(15-6-4-3-5-7-15)18(12-29-14)21-25-26-22(27(21)2)30-13-19(28)24-17-10-8-16(23)9-11-17/h3-12H,13H2,1-2H3,(H,24,28). The number of thiophene rings is 1. The van der Waals surface area contributed by atoms with Gasteiger partial charge in [0.25, 0.3) is 0 Å². The fourth-order valence-electron chi connectivity index (χ4n) is 3.12. The molecule has 0 aliphatic rings. The topological polar surface area (TPSA) is 59.8 Å². The Morgan fingerprint density at radius 3 is 2.60 bits per heavy atom. The van der Waals surface area contributed by atoms with Gasteiger partial charge in [0.05, 0.1) is 5.75 Å². The van der Waals surface area contributed by atoms with Crippen LogP contribution in [0.25, 0.3) is 22.5 Å². The third-order valence-electron chi connectivity index (χ3n) is 4.57. The van der Waals surface area contributed by atoms with E-state index in [9.17, 15) is 4.79 Å². The summed E-state index contributed by atoms with van der Waals surface area (Å²) in [5.74, 6) is 0.980. The van der Waals surface area contributed by atoms with Gasteiger partial charge in [-0.1, -0.05) is 58.0 Å². The molecule has 0 saturated carbocycles. The van der Waals surface area contributed by atoms with Crippen molar-refractivity contribution in [2.45, 2.75) is 12.1 Å². The Kier molecular flexibility index (Phi) is 6.36. The first-order chi connectivity index (χ1) is 14.5. The largest absolute Gasteiger partial charge is 0.325 e. The summed E-state index contributed by atoms with van der Waals surface area (Å²) in [5.41, 5.74) is 4.17. The number of aromatic nitrogens is 3. The number of halogens is 1. The fraction of sp³-hybridized carbons (Fsp3) is 0.136. The summed E-state index contributed by atoms with van der Waals surface area (Å²) in [6.07, 6.45) is 0. The van der Waals surface area contributed by atoms with Crippen molar-refractivity contribution in [3.05, 3.63) is 69.3 Å². The number of thioether (sulfide) groups is 1. The maximum Gasteiger partial charge on any atom is 0.234 e. The van der Waals surface area contributed by atoms with E-state index in [0.717, 1.165) is 27.1 Å². The highest BCUT2D eigenvalue weighted by Crippen LogP contribution is 2.38. The van der Waals surface area contributed by atoms with Crippen LogP contribution in [0.4, 0.5) is 5.69 Å². The summed E-state index contributed by atoms with van der Waals surface area (Å²) in [6, 6.07) is 17.8. The molecule has 0 unspecified atom stereocenters. The van der Waals surface area contributed by atoms with E-state index in [4.69, 9.17) is 0 Å². The zero-order valence-corrected chi connectivity index (χ0v) is 19.6. The molecule has 5 nitrogen and oxygen atoms in total. The number of carbonyl (C=O) groups excluding carboxylic acids is 1. The molecule has 2 aromatic carbocycles. The number of amides is 1. The minimum atomic E-state index is -0.0803. The Labute approximate surface area is 191 Å². The molecule has 0 radical (unpaired) electrons. The highest BCUT2D eigenvalue weighted by atomic mass is 79.9. The van der Waals surface area contributed by atoms with Crippen LogP contribution in [-0.2, 0) is 11.8 Å². The van der Waals surface area contributed by atoms with E-state index in [1.165, 1.54) is 22.2 Å². The van der Waals surface area contributed by atoms with Gasteiger partial charge in [0.15, 0.2) is 11.0 Å². The third kappa shape index (κ3) is 4.50. The summed E-state index contributed by atoms with van der Waals surface area (Å²) in [4.78, 5) is 13.5. The molecule has 1 N–H and O–H groups in total. The van der Waals surface area contributed by atoms with Crippen LogP contribution in [0.15, 0.2) is 69.6 Å². The highest BCUT2D eigenvalue weighted by Gasteiger charge is 2.19. The lowest BCUT2D eigenvalue weighted by atomic mass is 10.0. The third-order valence-corrected chi connectivity index (χ3v) is 7.03. The van der Waals surface area contributed by atoms with Gasteiger partial charge in [-0.2, -0.15) is 0 Å². The second-order valence-electron chi connectivity index (χ2n) is 6.66. The number of aryl methyl sites for hydroxylation is 1. The van der Waals surface area contributed by atoms with Gasteiger partial charge in [-0.3, -0.25) is 4.79 Å². The molecule has 0 saturated heterocycles. The molecule has 0 bridgehead atoms. The molecule has 0 fully saturated rings. The smallest absolute Gasteiger partial charge is 0.234 e. The zero-order valence-electron chi connectivity index (χ0n) is 16.4. The Morgan fingerprint density at radius 2 is 1.87 bits per heavy atom. The van der Waals surface area contributed by atoms with E-state index in [-0.39, 0.29) is 11.7 Å². The molecule has 0 atom stereocenters. The van der Waals surface area contributed by atoms with E-state index in [1.54, 1.807) is 11.3 Å². The van der Waals surface area contributed by atoms with Gasteiger partial charge in [-0.15, -0.1) is 21.5 Å². The van der Waals surface area contributed by atoms with Gasteiger partial charge < -0.3 is 9.88 Å². The van der Waals surface area contributed by atoms with Crippen molar-refractivity contribution in [1.82, 2.24) is 14.8 Å². The molecule has 152 valence electrons. The Balaban J connectivity index is 1.50. The molecule has 30 heavy (non-hydrogen) atoms. The summed E-state index contributed by atoms with van der Waals surface area (Å²) in [5, 5.41) is 14.5. The number of benzene rings is 2. The van der Waals surface area contributed by atoms with Crippen LogP contribution < -0.4 is 5.32 Å². The van der Waals surface area contributed by atoms with Crippen LogP contribution in [-0.4, -0.2) is 26.4 Å². The van der Waals surface area contributed by atoms with Gasteiger partial charge in [-0.25, -0.2) is 0 Å². The summed E-state index contributed by atoms with van der Waals surface area (Å²) < 4.78 is 2.92. The zero-order chi connectivity index (χ0) is 21.1. The Hall–Kier alpha value is -2.42. The minimum absolute atomic E-state index is 0.0803. The summed E-state index contributed by atoms with van der Waals surface area (Å²) in [7, 11) is 1.94. The minimum Gasteiger partial charge on any atom is -0.325 e. The van der Waals surface area contributed by atoms with Crippen LogP contribution in [0.2, 0.25) is 0 Å². The normalized spacial score (nSPS) is 10.9. The van der Waals surface area contributed by atoms with Gasteiger partial charge >= 0.3 is 0 Å². The molecular weight excluding hydrogens is 480 g/mol. The van der Waals surface area contributed by atoms with E-state index in [0.29, 0.717) is 5.16 Å². The first-order valence-corrected chi connectivity index (χ1v) is 11.9. The first-order valence-electron chi connectivity index (χ1n) is 9.24. The van der Waals surface area contributed by atoms with Crippen LogP contribution in [0.3, 0.4) is 0 Å². The van der Waals surface area contributed by atoms with E-state index >= 15 is 0 Å². The predicted molar refractivity (Wildman–Crippen MR) is 128 cm³/mol. The lowest BCUT2D eigenvalue weighted by Gasteiger charge is -2.07. The maximum atomic E-state index is 12.3. The first kappa shape index (κ1) is 20.8. The van der Waals surface area contributed by atoms with E-state index < -0.39 is 0 Å². The molecule has 4 rings (SSSR count). The predicted octanol–water partition coefficient (Wildman–Crippen LogP) is 6.01. The van der Waals surface area contributed by atoms with Crippen molar-refractivity contribution in [3.63, 3.8) is 0 Å². The number of nitrogens with one attached hydrogen (secondary N) is 1. The van der Waals surface area contributed by atoms with Crippen molar-refractivity contribution in [1.29, 1.82) is 0 Å². The summed E-state index contributed by atoms with van der Waals surface area (Å²) in [6.45, 7) is 2.12. The van der Waals surface area contributed by atoms with Gasteiger partial charge in [0.1, 0.15) is 0 Å². The lowest BCUT2D eigenvalue weighted by molar-refractivity contribution is -0.113. The van der Waals surface area contributed by atoms with Gasteiger partial charge in [-0.05, 0) is 36.8 Å². The van der Waals surface area contributed by atoms with Crippen LogP contribution >= 0.6 is 39.0 Å².